The van der Waals surface area contributed by atoms with Crippen LogP contribution in [0.1, 0.15) is 16.7 Å². The number of anilines is 6. The summed E-state index contributed by atoms with van der Waals surface area (Å²) in [6, 6.07) is 117. The Morgan fingerprint density at radius 2 is 0.489 bits per heavy atom. The Bertz CT molecular complexity index is 4950. The van der Waals surface area contributed by atoms with Gasteiger partial charge in [-0.3, -0.25) is 0 Å². The highest BCUT2D eigenvalue weighted by Crippen LogP contribution is 2.53. The average molecular weight is 1200 g/mol. The number of rotatable bonds is 11. The first-order valence-electron chi connectivity index (χ1n) is 31.7. The third-order valence-corrected chi connectivity index (χ3v) is 18.3. The summed E-state index contributed by atoms with van der Waals surface area (Å²) in [5, 5.41) is 0. The molecule has 438 valence electrons. The molecule has 0 radical (unpaired) electrons. The van der Waals surface area contributed by atoms with Gasteiger partial charge in [0.1, 0.15) is 0 Å². The maximum absolute atomic E-state index is 5.56. The van der Waals surface area contributed by atoms with Crippen molar-refractivity contribution in [2.24, 2.45) is 30.0 Å². The van der Waals surface area contributed by atoms with Crippen molar-refractivity contribution in [1.82, 2.24) is 4.90 Å². The molecule has 0 aromatic heterocycles. The second-order valence-corrected chi connectivity index (χ2v) is 23.8. The zero-order valence-corrected chi connectivity index (χ0v) is 50.8. The largest absolute Gasteiger partial charge is 0.310 e. The van der Waals surface area contributed by atoms with Gasteiger partial charge in [0.15, 0.2) is 17.5 Å². The number of hydrogen-bond acceptors (Lipinski definition) is 9. The second-order valence-electron chi connectivity index (χ2n) is 23.8. The van der Waals surface area contributed by atoms with E-state index >= 15 is 0 Å². The number of fused-ring (bicyclic) bond motifs is 4. The predicted octanol–water partition coefficient (Wildman–Crippen LogP) is 17.8. The van der Waals surface area contributed by atoms with Crippen molar-refractivity contribution < 1.29 is 0 Å². The summed E-state index contributed by atoms with van der Waals surface area (Å²) in [4.78, 5) is 38.7. The van der Waals surface area contributed by atoms with Crippen LogP contribution in [0.25, 0.3) is 66.8 Å². The van der Waals surface area contributed by atoms with E-state index in [1.807, 2.05) is 60.7 Å². The lowest BCUT2D eigenvalue weighted by atomic mass is 9.33. The lowest BCUT2D eigenvalue weighted by Crippen LogP contribution is -2.61. The first kappa shape index (κ1) is 54.3. The van der Waals surface area contributed by atoms with Gasteiger partial charge in [0.2, 0.25) is 17.9 Å². The molecule has 5 heterocycles. The van der Waals surface area contributed by atoms with Gasteiger partial charge in [0.25, 0.3) is 6.71 Å². The van der Waals surface area contributed by atoms with Gasteiger partial charge in [-0.15, -0.1) is 0 Å². The zero-order chi connectivity index (χ0) is 62.1. The van der Waals surface area contributed by atoms with Crippen LogP contribution in [0.5, 0.6) is 0 Å². The van der Waals surface area contributed by atoms with Crippen molar-refractivity contribution in [2.45, 2.75) is 0 Å². The van der Waals surface area contributed by atoms with Crippen LogP contribution in [0.4, 0.5) is 34.1 Å². The predicted molar refractivity (Wildman–Crippen MR) is 390 cm³/mol. The quantitative estimate of drug-likeness (QED) is 0.121. The Hall–Kier alpha value is -12.7. The summed E-state index contributed by atoms with van der Waals surface area (Å²) in [5.41, 5.74) is 25.2. The number of nitrogens with zero attached hydrogens (tertiary/aromatic N) is 9. The molecule has 0 saturated heterocycles. The van der Waals surface area contributed by atoms with Crippen LogP contribution in [0, 0.1) is 0 Å². The molecule has 0 N–H and O–H groups in total. The molecule has 0 spiro atoms. The minimum absolute atomic E-state index is 0.311. The van der Waals surface area contributed by atoms with Gasteiger partial charge < -0.3 is 9.80 Å². The van der Waals surface area contributed by atoms with Crippen molar-refractivity contribution >= 4 is 92.6 Å². The van der Waals surface area contributed by atoms with E-state index in [-0.39, 0.29) is 6.71 Å². The highest BCUT2D eigenvalue weighted by molar-refractivity contribution is 7.00. The van der Waals surface area contributed by atoms with Crippen LogP contribution in [0.3, 0.4) is 0 Å². The second kappa shape index (κ2) is 22.7. The van der Waals surface area contributed by atoms with Crippen LogP contribution >= 0.6 is 0 Å². The van der Waals surface area contributed by atoms with E-state index in [0.29, 0.717) is 35.4 Å². The first-order valence-corrected chi connectivity index (χ1v) is 31.7. The van der Waals surface area contributed by atoms with Crippen molar-refractivity contribution in [3.63, 3.8) is 0 Å². The molecule has 10 heteroatoms. The van der Waals surface area contributed by atoms with E-state index in [2.05, 4.69) is 277 Å². The average Bonchev–Trinajstić information content (AvgIpc) is 0.689. The highest BCUT2D eigenvalue weighted by Gasteiger charge is 2.46. The highest BCUT2D eigenvalue weighted by atomic mass is 15.5. The Morgan fingerprint density at radius 1 is 0.202 bits per heavy atom. The lowest BCUT2D eigenvalue weighted by molar-refractivity contribution is 0.828. The third kappa shape index (κ3) is 9.26. The van der Waals surface area contributed by atoms with Gasteiger partial charge in [-0.25, -0.2) is 4.90 Å². The van der Waals surface area contributed by atoms with Gasteiger partial charge in [-0.1, -0.05) is 303 Å². The summed E-state index contributed by atoms with van der Waals surface area (Å²) in [5.74, 6) is 2.51. The molecule has 5 aliphatic heterocycles. The lowest BCUT2D eigenvalue weighted by Gasteiger charge is -2.46. The molecular formula is C84H54BN9. The summed E-state index contributed by atoms with van der Waals surface area (Å²) in [6.07, 6.45) is 0. The number of amidine groups is 3. The number of hydrogen-bond donors (Lipinski definition) is 0. The van der Waals surface area contributed by atoms with Crippen LogP contribution in [-0.4, -0.2) is 47.0 Å². The number of para-hydroxylation sites is 2. The topological polar surface area (TPSA) is 83.9 Å². The van der Waals surface area contributed by atoms with Crippen LogP contribution in [0.15, 0.2) is 358 Å². The van der Waals surface area contributed by atoms with Crippen molar-refractivity contribution in [3.8, 4) is 66.8 Å². The molecule has 5 aliphatic rings. The van der Waals surface area contributed by atoms with Crippen molar-refractivity contribution in [3.05, 3.63) is 344 Å². The standard InChI is InChI=1S/C84H54BN9/c1-9-27-55(28-10-1)63-47-49-72-70(51-63)85-71-52-64(56-29-11-2-12-30-56)48-50-73(71)93(78-68(59-35-17-5-18-36-59)45-26-46-69(78)60-37-19-6-20-38-60)75-54-65(53-74(76(75)85)92(72)77-66(57-31-13-3-14-32-57)43-25-44-67(77)58-33-15-4-16-34-58)81-90-83-88-79(61-39-21-7-22-40-61)86-82-87-80(62-41-23-8-24-42-62)89-84(91-81)94(82)83/h1-54H. The van der Waals surface area contributed by atoms with E-state index in [4.69, 9.17) is 30.0 Å². The van der Waals surface area contributed by atoms with E-state index in [9.17, 15) is 0 Å². The Kier molecular flexibility index (Phi) is 13.1. The van der Waals surface area contributed by atoms with Crippen molar-refractivity contribution in [2.75, 3.05) is 9.80 Å². The van der Waals surface area contributed by atoms with Crippen LogP contribution in [-0.2, 0) is 0 Å². The van der Waals surface area contributed by atoms with Gasteiger partial charge >= 0.3 is 0 Å². The van der Waals surface area contributed by atoms with E-state index in [0.717, 1.165) is 123 Å². The number of benzene rings is 13. The van der Waals surface area contributed by atoms with Crippen molar-refractivity contribution in [1.29, 1.82) is 0 Å². The minimum Gasteiger partial charge on any atom is -0.310 e. The van der Waals surface area contributed by atoms with E-state index < -0.39 is 0 Å². The smallest absolute Gasteiger partial charge is 0.252 e. The fourth-order valence-corrected chi connectivity index (χ4v) is 14.1. The molecule has 0 unspecified atom stereocenters. The fourth-order valence-electron chi connectivity index (χ4n) is 14.1. The molecule has 0 fully saturated rings. The van der Waals surface area contributed by atoms with E-state index in [1.54, 1.807) is 4.90 Å². The molecule has 94 heavy (non-hydrogen) atoms. The minimum atomic E-state index is -0.311. The summed E-state index contributed by atoms with van der Waals surface area (Å²) < 4.78 is 0. The molecule has 18 rings (SSSR count). The maximum Gasteiger partial charge on any atom is 0.252 e. The molecule has 9 nitrogen and oxygen atoms in total. The van der Waals surface area contributed by atoms with Gasteiger partial charge in [-0.05, 0) is 85.2 Å². The van der Waals surface area contributed by atoms with Gasteiger partial charge in [-0.2, -0.15) is 30.0 Å². The molecule has 0 atom stereocenters. The third-order valence-electron chi connectivity index (χ3n) is 18.3. The van der Waals surface area contributed by atoms with Crippen LogP contribution in [0.2, 0.25) is 0 Å². The molecule has 0 amide bonds. The molecule has 13 aromatic rings. The summed E-state index contributed by atoms with van der Waals surface area (Å²) in [6.45, 7) is -0.311. The van der Waals surface area contributed by atoms with E-state index in [1.165, 1.54) is 10.9 Å². The molecule has 0 bridgehead atoms. The number of aliphatic imine (C=N–C) groups is 6. The Labute approximate surface area is 545 Å². The number of guanidine groups is 3. The normalized spacial score (nSPS) is 14.0. The van der Waals surface area contributed by atoms with Gasteiger partial charge in [0, 0.05) is 61.7 Å². The SMILES string of the molecule is c1ccc(C2=NC3=NC(c4ccccc4)=NC4=NC(c5cc6c7c(c5)N(c5c(-c8ccccc8)cccc5-c5ccccc5)c5ccc(-c8ccccc8)cc5B7c5cc(-c7ccccc7)ccc5N6c5c(-c6ccccc6)cccc5-c5ccccc5)=NC(=N2)N34)cc1. The fraction of sp³-hybridized carbons (Fsp3) is 0. The van der Waals surface area contributed by atoms with Crippen LogP contribution < -0.4 is 26.2 Å². The molecule has 0 saturated carbocycles. The first-order chi connectivity index (χ1) is 46.6. The maximum atomic E-state index is 5.56. The molecular weight excluding hydrogens is 1150 g/mol. The Morgan fingerprint density at radius 3 is 0.809 bits per heavy atom. The molecule has 0 aliphatic carbocycles. The molecule has 13 aromatic carbocycles. The Balaban J connectivity index is 1.00. The summed E-state index contributed by atoms with van der Waals surface area (Å²) in [7, 11) is 0. The summed E-state index contributed by atoms with van der Waals surface area (Å²) >= 11 is 0. The zero-order valence-electron chi connectivity index (χ0n) is 50.8. The monoisotopic (exact) mass is 1200 g/mol. The van der Waals surface area contributed by atoms with Gasteiger partial charge in [0.05, 0.1) is 11.4 Å².